The smallest absolute Gasteiger partial charge is 0.241 e. The molecule has 0 atom stereocenters. The van der Waals surface area contributed by atoms with Gasteiger partial charge in [0.15, 0.2) is 0 Å². The van der Waals surface area contributed by atoms with Crippen LogP contribution in [0.1, 0.15) is 0 Å². The van der Waals surface area contributed by atoms with Gasteiger partial charge in [0.05, 0.1) is 27.7 Å². The Hall–Kier alpha value is -0.830. The van der Waals surface area contributed by atoms with Crippen molar-refractivity contribution < 1.29 is 9.28 Å². The van der Waals surface area contributed by atoms with Crippen LogP contribution in [0.15, 0.2) is 12.2 Å². The number of likely N-dealkylation sites (N-methyl/N-ethyl adjacent to an activating group) is 1. The lowest BCUT2D eigenvalue weighted by molar-refractivity contribution is -0.864. The maximum absolute atomic E-state index is 10.2. The first-order valence-corrected chi connectivity index (χ1v) is 3.18. The van der Waals surface area contributed by atoms with Crippen LogP contribution in [-0.2, 0) is 4.79 Å². The second-order valence-corrected chi connectivity index (χ2v) is 3.28. The topological polar surface area (TPSA) is 43.1 Å². The summed E-state index contributed by atoms with van der Waals surface area (Å²) in [6, 6.07) is 0. The Bertz CT molecular complexity index is 144. The van der Waals surface area contributed by atoms with Crippen molar-refractivity contribution in [2.75, 3.05) is 27.7 Å². The van der Waals surface area contributed by atoms with Crippen LogP contribution >= 0.6 is 0 Å². The summed E-state index contributed by atoms with van der Waals surface area (Å²) in [5.41, 5.74) is 4.89. The summed E-state index contributed by atoms with van der Waals surface area (Å²) in [6.07, 6.45) is 3.17. The Balaban J connectivity index is 3.64. The molecule has 58 valence electrons. The first-order chi connectivity index (χ1) is 4.42. The monoisotopic (exact) mass is 143 g/mol. The van der Waals surface area contributed by atoms with E-state index in [9.17, 15) is 4.79 Å². The summed E-state index contributed by atoms with van der Waals surface area (Å²) in [6.45, 7) is 0.822. The van der Waals surface area contributed by atoms with Crippen molar-refractivity contribution >= 4 is 5.91 Å². The zero-order valence-corrected chi connectivity index (χ0v) is 6.79. The Morgan fingerprint density at radius 2 is 2.00 bits per heavy atom. The zero-order valence-electron chi connectivity index (χ0n) is 6.79. The molecule has 1 amide bonds. The molecule has 0 bridgehead atoms. The molecule has 0 aliphatic heterocycles. The van der Waals surface area contributed by atoms with E-state index in [0.717, 1.165) is 11.0 Å². The van der Waals surface area contributed by atoms with Gasteiger partial charge in [-0.15, -0.1) is 0 Å². The molecule has 0 spiro atoms. The summed E-state index contributed by atoms with van der Waals surface area (Å²) in [5, 5.41) is 0. The number of amides is 1. The number of carbonyl (C=O) groups is 1. The van der Waals surface area contributed by atoms with Crippen LogP contribution in [0.2, 0.25) is 0 Å². The molecule has 0 aromatic rings. The molecular weight excluding hydrogens is 128 g/mol. The summed E-state index contributed by atoms with van der Waals surface area (Å²) in [4.78, 5) is 10.2. The number of carbonyl (C=O) groups excluding carboxylic acids is 1. The Morgan fingerprint density at radius 3 is 2.30 bits per heavy atom. The van der Waals surface area contributed by atoms with E-state index in [1.54, 1.807) is 6.08 Å². The molecule has 10 heavy (non-hydrogen) atoms. The molecule has 0 aromatic heterocycles. The third-order valence-corrected chi connectivity index (χ3v) is 0.935. The number of hydrogen-bond donors (Lipinski definition) is 1. The van der Waals surface area contributed by atoms with Crippen molar-refractivity contribution in [1.29, 1.82) is 0 Å². The molecule has 0 saturated heterocycles. The SMILES string of the molecule is C[N+](C)(C)CC=CC(N)=O. The number of rotatable bonds is 3. The van der Waals surface area contributed by atoms with E-state index < -0.39 is 0 Å². The van der Waals surface area contributed by atoms with E-state index >= 15 is 0 Å². The van der Waals surface area contributed by atoms with E-state index in [1.165, 1.54) is 6.08 Å². The third-order valence-electron chi connectivity index (χ3n) is 0.935. The van der Waals surface area contributed by atoms with Gasteiger partial charge in [-0.3, -0.25) is 4.79 Å². The summed E-state index contributed by atoms with van der Waals surface area (Å²) in [7, 11) is 6.14. The fourth-order valence-electron chi connectivity index (χ4n) is 0.485. The number of nitrogens with two attached hydrogens (primary N) is 1. The van der Waals surface area contributed by atoms with Crippen LogP contribution in [0.25, 0.3) is 0 Å². The second kappa shape index (κ2) is 3.37. The van der Waals surface area contributed by atoms with Gasteiger partial charge in [-0.2, -0.15) is 0 Å². The van der Waals surface area contributed by atoms with Crippen LogP contribution in [0.4, 0.5) is 0 Å². The van der Waals surface area contributed by atoms with Crippen LogP contribution < -0.4 is 5.73 Å². The van der Waals surface area contributed by atoms with Gasteiger partial charge in [-0.05, 0) is 6.08 Å². The average Bonchev–Trinajstić information content (AvgIpc) is 1.59. The van der Waals surface area contributed by atoms with Crippen molar-refractivity contribution in [1.82, 2.24) is 0 Å². The fraction of sp³-hybridized carbons (Fsp3) is 0.571. The number of hydrogen-bond acceptors (Lipinski definition) is 1. The molecular formula is C7H15N2O+. The molecule has 0 saturated carbocycles. The lowest BCUT2D eigenvalue weighted by Gasteiger charge is -2.21. The van der Waals surface area contributed by atoms with Crippen molar-refractivity contribution in [2.45, 2.75) is 0 Å². The molecule has 0 unspecified atom stereocenters. The quantitative estimate of drug-likeness (QED) is 0.429. The zero-order chi connectivity index (χ0) is 8.20. The van der Waals surface area contributed by atoms with Gasteiger partial charge in [0.1, 0.15) is 0 Å². The van der Waals surface area contributed by atoms with Crippen molar-refractivity contribution in [3.8, 4) is 0 Å². The van der Waals surface area contributed by atoms with Gasteiger partial charge in [-0.25, -0.2) is 0 Å². The van der Waals surface area contributed by atoms with Crippen LogP contribution in [-0.4, -0.2) is 38.1 Å². The highest BCUT2D eigenvalue weighted by Gasteiger charge is 2.01. The van der Waals surface area contributed by atoms with Gasteiger partial charge in [0, 0.05) is 6.08 Å². The minimum absolute atomic E-state index is 0.381. The van der Waals surface area contributed by atoms with Crippen LogP contribution in [0.3, 0.4) is 0 Å². The molecule has 0 radical (unpaired) electrons. The van der Waals surface area contributed by atoms with Crippen molar-refractivity contribution in [3.05, 3.63) is 12.2 Å². The van der Waals surface area contributed by atoms with Gasteiger partial charge in [0.2, 0.25) is 5.91 Å². The first kappa shape index (κ1) is 9.17. The highest BCUT2D eigenvalue weighted by molar-refractivity contribution is 5.85. The molecule has 0 aromatic carbocycles. The Morgan fingerprint density at radius 1 is 1.50 bits per heavy atom. The standard InChI is InChI=1S/C7H14N2O/c1-9(2,3)6-4-5-7(8)10/h4-5H,6H2,1-3H3,(H-,8,10)/p+1. The Kier molecular flexibility index (Phi) is 3.09. The van der Waals surface area contributed by atoms with Gasteiger partial charge in [-0.1, -0.05) is 0 Å². The Labute approximate surface area is 61.7 Å². The van der Waals surface area contributed by atoms with E-state index in [1.807, 2.05) is 21.1 Å². The second-order valence-electron chi connectivity index (χ2n) is 3.28. The molecule has 3 heteroatoms. The lowest BCUT2D eigenvalue weighted by Crippen LogP contribution is -2.34. The van der Waals surface area contributed by atoms with Gasteiger partial charge in [0.25, 0.3) is 0 Å². The predicted octanol–water partition coefficient (Wildman–Crippen LogP) is -0.266. The highest BCUT2D eigenvalue weighted by Crippen LogP contribution is 1.88. The number of nitrogens with zero attached hydrogens (tertiary/aromatic N) is 1. The largest absolute Gasteiger partial charge is 0.366 e. The molecule has 0 aliphatic rings. The average molecular weight is 143 g/mol. The van der Waals surface area contributed by atoms with E-state index in [-0.39, 0.29) is 5.91 Å². The van der Waals surface area contributed by atoms with Crippen molar-refractivity contribution in [3.63, 3.8) is 0 Å². The van der Waals surface area contributed by atoms with E-state index in [0.29, 0.717) is 0 Å². The van der Waals surface area contributed by atoms with E-state index in [4.69, 9.17) is 5.73 Å². The van der Waals surface area contributed by atoms with Gasteiger partial charge >= 0.3 is 0 Å². The summed E-state index contributed by atoms with van der Waals surface area (Å²) >= 11 is 0. The molecule has 2 N–H and O–H groups in total. The molecule has 0 fully saturated rings. The first-order valence-electron chi connectivity index (χ1n) is 3.18. The number of quaternary nitrogens is 1. The number of primary amides is 1. The van der Waals surface area contributed by atoms with Gasteiger partial charge < -0.3 is 10.2 Å². The third kappa shape index (κ3) is 7.17. The normalized spacial score (nSPS) is 12.3. The highest BCUT2D eigenvalue weighted by atomic mass is 16.1. The fourth-order valence-corrected chi connectivity index (χ4v) is 0.485. The predicted molar refractivity (Wildman–Crippen MR) is 41.2 cm³/mol. The van der Waals surface area contributed by atoms with Crippen LogP contribution in [0.5, 0.6) is 0 Å². The maximum atomic E-state index is 10.2. The lowest BCUT2D eigenvalue weighted by atomic mass is 10.4. The van der Waals surface area contributed by atoms with Crippen LogP contribution in [0, 0.1) is 0 Å². The maximum Gasteiger partial charge on any atom is 0.241 e. The minimum atomic E-state index is -0.381. The minimum Gasteiger partial charge on any atom is -0.366 e. The molecule has 0 aliphatic carbocycles. The molecule has 0 heterocycles. The van der Waals surface area contributed by atoms with E-state index in [2.05, 4.69) is 0 Å². The molecule has 0 rings (SSSR count). The molecule has 3 nitrogen and oxygen atoms in total. The van der Waals surface area contributed by atoms with Crippen molar-refractivity contribution in [2.24, 2.45) is 5.73 Å². The summed E-state index contributed by atoms with van der Waals surface area (Å²) < 4.78 is 0.809. The summed E-state index contributed by atoms with van der Waals surface area (Å²) in [5.74, 6) is -0.381.